The van der Waals surface area contributed by atoms with Crippen LogP contribution in [0.15, 0.2) is 35.2 Å². The van der Waals surface area contributed by atoms with E-state index in [-0.39, 0.29) is 21.8 Å². The van der Waals surface area contributed by atoms with Gasteiger partial charge in [0.05, 0.1) is 9.77 Å². The summed E-state index contributed by atoms with van der Waals surface area (Å²) in [5.41, 5.74) is 6.40. The minimum Gasteiger partial charge on any atom is -0.267 e. The van der Waals surface area contributed by atoms with E-state index in [1.54, 1.807) is 0 Å². The lowest BCUT2D eigenvalue weighted by atomic mass is 9.72. The Hall–Kier alpha value is -2.23. The first-order chi connectivity index (χ1) is 14.4. The summed E-state index contributed by atoms with van der Waals surface area (Å²) in [5, 5.41) is 0. The lowest BCUT2D eigenvalue weighted by Crippen LogP contribution is -2.41. The standard InChI is InChI=1S/C22H29N3O4S2/c1-22(2,3)16-9-10-18-15(11-16)13-19(30-18)21(27)24-23-20(26)14-7-6-8-17(12-14)31(28,29)25(4)5/h6-8,12-13,16H,9-11H2,1-5H3,(H,23,26)(H,24,27). The first kappa shape index (κ1) is 23.4. The largest absolute Gasteiger partial charge is 0.279 e. The molecule has 1 atom stereocenters. The first-order valence-electron chi connectivity index (χ1n) is 10.1. The molecule has 1 aromatic heterocycles. The zero-order chi connectivity index (χ0) is 23.0. The number of hydrogen-bond acceptors (Lipinski definition) is 5. The number of fused-ring (bicyclic) bond motifs is 1. The van der Waals surface area contributed by atoms with Crippen molar-refractivity contribution in [3.05, 3.63) is 51.2 Å². The number of thiophene rings is 1. The molecule has 0 fully saturated rings. The van der Waals surface area contributed by atoms with Crippen molar-refractivity contribution in [3.8, 4) is 0 Å². The minimum absolute atomic E-state index is 0.0100. The van der Waals surface area contributed by atoms with Crippen LogP contribution in [0.25, 0.3) is 0 Å². The van der Waals surface area contributed by atoms with Gasteiger partial charge in [0, 0.05) is 24.5 Å². The van der Waals surface area contributed by atoms with E-state index in [0.29, 0.717) is 10.8 Å². The SMILES string of the molecule is CN(C)S(=O)(=O)c1cccc(C(=O)NNC(=O)c2cc3c(s2)CCC(C(C)(C)C)C3)c1. The molecule has 7 nitrogen and oxygen atoms in total. The zero-order valence-corrected chi connectivity index (χ0v) is 20.1. The van der Waals surface area contributed by atoms with Crippen LogP contribution in [0.4, 0.5) is 0 Å². The molecule has 168 valence electrons. The molecule has 0 saturated carbocycles. The number of sulfonamides is 1. The third-order valence-corrected chi connectivity index (χ3v) is 8.74. The highest BCUT2D eigenvalue weighted by Gasteiger charge is 2.30. The molecule has 0 bridgehead atoms. The van der Waals surface area contributed by atoms with E-state index in [9.17, 15) is 18.0 Å². The van der Waals surface area contributed by atoms with Crippen molar-refractivity contribution >= 4 is 33.2 Å². The van der Waals surface area contributed by atoms with Crippen molar-refractivity contribution in [3.63, 3.8) is 0 Å². The first-order valence-corrected chi connectivity index (χ1v) is 12.4. The summed E-state index contributed by atoms with van der Waals surface area (Å²) in [6.45, 7) is 6.74. The topological polar surface area (TPSA) is 95.6 Å². The fourth-order valence-electron chi connectivity index (χ4n) is 3.63. The Labute approximate surface area is 187 Å². The minimum atomic E-state index is -3.66. The van der Waals surface area contributed by atoms with Crippen molar-refractivity contribution in [2.45, 2.75) is 44.9 Å². The van der Waals surface area contributed by atoms with Gasteiger partial charge < -0.3 is 0 Å². The van der Waals surface area contributed by atoms with Crippen LogP contribution >= 0.6 is 11.3 Å². The molecule has 1 heterocycles. The van der Waals surface area contributed by atoms with Crippen LogP contribution in [0.5, 0.6) is 0 Å². The van der Waals surface area contributed by atoms with Gasteiger partial charge in [0.1, 0.15) is 0 Å². The van der Waals surface area contributed by atoms with Gasteiger partial charge in [0.25, 0.3) is 11.8 Å². The lowest BCUT2D eigenvalue weighted by molar-refractivity contribution is 0.0848. The Kier molecular flexibility index (Phi) is 6.59. The molecular formula is C22H29N3O4S2. The van der Waals surface area contributed by atoms with E-state index in [4.69, 9.17) is 0 Å². The number of hydrogen-bond donors (Lipinski definition) is 2. The predicted octanol–water partition coefficient (Wildman–Crippen LogP) is 3.22. The highest BCUT2D eigenvalue weighted by Crippen LogP contribution is 2.40. The number of benzene rings is 1. The predicted molar refractivity (Wildman–Crippen MR) is 122 cm³/mol. The Morgan fingerprint density at radius 3 is 2.42 bits per heavy atom. The lowest BCUT2D eigenvalue weighted by Gasteiger charge is -2.33. The maximum absolute atomic E-state index is 12.6. The number of amides is 2. The normalized spacial score (nSPS) is 16.6. The number of rotatable bonds is 4. The van der Waals surface area contributed by atoms with Crippen LogP contribution in [0.3, 0.4) is 0 Å². The van der Waals surface area contributed by atoms with Crippen LogP contribution in [0.2, 0.25) is 0 Å². The fraction of sp³-hybridized carbons (Fsp3) is 0.455. The summed E-state index contributed by atoms with van der Waals surface area (Å²) in [6, 6.07) is 7.61. The Bertz CT molecular complexity index is 1100. The van der Waals surface area contributed by atoms with E-state index in [2.05, 4.69) is 31.6 Å². The molecule has 1 aromatic carbocycles. The molecule has 1 aliphatic carbocycles. The number of aryl methyl sites for hydroxylation is 1. The smallest absolute Gasteiger partial charge is 0.267 e. The van der Waals surface area contributed by atoms with Gasteiger partial charge in [-0.3, -0.25) is 20.4 Å². The van der Waals surface area contributed by atoms with Gasteiger partial charge in [-0.1, -0.05) is 26.8 Å². The Balaban J connectivity index is 1.66. The fourth-order valence-corrected chi connectivity index (χ4v) is 5.68. The molecule has 3 rings (SSSR count). The molecule has 1 unspecified atom stereocenters. The van der Waals surface area contributed by atoms with Gasteiger partial charge in [-0.15, -0.1) is 11.3 Å². The number of carbonyl (C=O) groups is 2. The van der Waals surface area contributed by atoms with Crippen molar-refractivity contribution < 1.29 is 18.0 Å². The highest BCUT2D eigenvalue weighted by atomic mass is 32.2. The van der Waals surface area contributed by atoms with E-state index >= 15 is 0 Å². The van der Waals surface area contributed by atoms with Gasteiger partial charge in [-0.05, 0) is 60.4 Å². The van der Waals surface area contributed by atoms with E-state index in [0.717, 1.165) is 23.6 Å². The maximum atomic E-state index is 12.6. The maximum Gasteiger partial charge on any atom is 0.279 e. The molecule has 2 aromatic rings. The summed E-state index contributed by atoms with van der Waals surface area (Å²) in [6.07, 6.45) is 3.04. The highest BCUT2D eigenvalue weighted by molar-refractivity contribution is 7.89. The molecule has 31 heavy (non-hydrogen) atoms. The second-order valence-electron chi connectivity index (χ2n) is 9.09. The molecular weight excluding hydrogens is 434 g/mol. The summed E-state index contributed by atoms with van der Waals surface area (Å²) in [5.74, 6) is -0.383. The quantitative estimate of drug-likeness (QED) is 0.681. The van der Waals surface area contributed by atoms with Gasteiger partial charge >= 0.3 is 0 Å². The van der Waals surface area contributed by atoms with E-state index in [1.807, 2.05) is 6.07 Å². The summed E-state index contributed by atoms with van der Waals surface area (Å²) < 4.78 is 25.6. The summed E-state index contributed by atoms with van der Waals surface area (Å²) in [4.78, 5) is 26.8. The Morgan fingerprint density at radius 2 is 1.77 bits per heavy atom. The number of nitrogens with one attached hydrogen (secondary N) is 2. The summed E-state index contributed by atoms with van der Waals surface area (Å²) in [7, 11) is -0.810. The van der Waals surface area contributed by atoms with Crippen LogP contribution in [-0.2, 0) is 22.9 Å². The molecule has 2 N–H and O–H groups in total. The van der Waals surface area contributed by atoms with Crippen LogP contribution in [-0.4, -0.2) is 38.6 Å². The van der Waals surface area contributed by atoms with Crippen LogP contribution < -0.4 is 10.9 Å². The molecule has 0 saturated heterocycles. The molecule has 0 aliphatic heterocycles. The number of hydrazine groups is 1. The second-order valence-corrected chi connectivity index (χ2v) is 12.4. The molecule has 9 heteroatoms. The average molecular weight is 464 g/mol. The van der Waals surface area contributed by atoms with E-state index in [1.165, 1.54) is 60.1 Å². The van der Waals surface area contributed by atoms with Crippen molar-refractivity contribution in [2.24, 2.45) is 11.3 Å². The number of carbonyl (C=O) groups excluding carboxylic acids is 2. The molecule has 0 radical (unpaired) electrons. The monoisotopic (exact) mass is 463 g/mol. The van der Waals surface area contributed by atoms with Crippen LogP contribution in [0.1, 0.15) is 57.7 Å². The van der Waals surface area contributed by atoms with Crippen molar-refractivity contribution in [1.29, 1.82) is 0 Å². The third-order valence-electron chi connectivity index (χ3n) is 5.70. The van der Waals surface area contributed by atoms with Crippen molar-refractivity contribution in [2.75, 3.05) is 14.1 Å². The van der Waals surface area contributed by atoms with Gasteiger partial charge in [-0.2, -0.15) is 0 Å². The number of nitrogens with zero attached hydrogens (tertiary/aromatic N) is 1. The molecule has 1 aliphatic rings. The summed E-state index contributed by atoms with van der Waals surface area (Å²) >= 11 is 1.46. The van der Waals surface area contributed by atoms with Gasteiger partial charge in [0.2, 0.25) is 10.0 Å². The average Bonchev–Trinajstić information content (AvgIpc) is 3.14. The van der Waals surface area contributed by atoms with Gasteiger partial charge in [0.15, 0.2) is 0 Å². The van der Waals surface area contributed by atoms with E-state index < -0.39 is 15.9 Å². The Morgan fingerprint density at radius 1 is 1.10 bits per heavy atom. The third kappa shape index (κ3) is 5.16. The second kappa shape index (κ2) is 8.72. The zero-order valence-electron chi connectivity index (χ0n) is 18.5. The van der Waals surface area contributed by atoms with Gasteiger partial charge in [-0.25, -0.2) is 12.7 Å². The van der Waals surface area contributed by atoms with Crippen molar-refractivity contribution in [1.82, 2.24) is 15.2 Å². The van der Waals surface area contributed by atoms with Crippen LogP contribution in [0, 0.1) is 11.3 Å². The molecule has 0 spiro atoms. The molecule has 2 amide bonds.